The van der Waals surface area contributed by atoms with Gasteiger partial charge in [-0.25, -0.2) is 4.39 Å². The highest BCUT2D eigenvalue weighted by molar-refractivity contribution is 5.34. The van der Waals surface area contributed by atoms with Crippen molar-refractivity contribution in [2.24, 2.45) is 0 Å². The summed E-state index contributed by atoms with van der Waals surface area (Å²) in [4.78, 5) is 2.48. The first-order valence-electron chi connectivity index (χ1n) is 9.02. The van der Waals surface area contributed by atoms with E-state index in [2.05, 4.69) is 39.9 Å². The van der Waals surface area contributed by atoms with E-state index in [0.717, 1.165) is 37.4 Å². The van der Waals surface area contributed by atoms with Crippen molar-refractivity contribution >= 4 is 0 Å². The summed E-state index contributed by atoms with van der Waals surface area (Å²) in [6.45, 7) is 2.81. The summed E-state index contributed by atoms with van der Waals surface area (Å²) in [5.41, 5.74) is 3.68. The van der Waals surface area contributed by atoms with Crippen molar-refractivity contribution in [3.63, 3.8) is 0 Å². The summed E-state index contributed by atoms with van der Waals surface area (Å²) in [5, 5.41) is 0. The third-order valence-electron chi connectivity index (χ3n) is 5.08. The number of aromatic nitrogens is 1. The molecule has 1 aromatic heterocycles. The van der Waals surface area contributed by atoms with Gasteiger partial charge in [-0.3, -0.25) is 4.90 Å². The molecule has 1 aliphatic rings. The number of benzene rings is 2. The van der Waals surface area contributed by atoms with Crippen LogP contribution in [0.1, 0.15) is 29.3 Å². The molecular formula is C22H23FN2O. The van der Waals surface area contributed by atoms with Gasteiger partial charge in [0, 0.05) is 31.5 Å². The van der Waals surface area contributed by atoms with Gasteiger partial charge < -0.3 is 9.30 Å². The molecule has 0 bridgehead atoms. The van der Waals surface area contributed by atoms with Crippen LogP contribution in [0.3, 0.4) is 0 Å². The van der Waals surface area contributed by atoms with Crippen molar-refractivity contribution in [2.75, 3.05) is 13.7 Å². The number of halogens is 1. The second-order valence-corrected chi connectivity index (χ2v) is 6.75. The van der Waals surface area contributed by atoms with Crippen molar-refractivity contribution in [1.29, 1.82) is 0 Å². The molecule has 0 fully saturated rings. The summed E-state index contributed by atoms with van der Waals surface area (Å²) >= 11 is 0. The van der Waals surface area contributed by atoms with Crippen LogP contribution in [0.5, 0.6) is 5.75 Å². The van der Waals surface area contributed by atoms with Gasteiger partial charge in [0.1, 0.15) is 11.6 Å². The van der Waals surface area contributed by atoms with Gasteiger partial charge in [-0.1, -0.05) is 24.3 Å². The highest BCUT2D eigenvalue weighted by Gasteiger charge is 2.27. The fourth-order valence-corrected chi connectivity index (χ4v) is 3.80. The molecule has 4 heteroatoms. The number of aryl methyl sites for hydroxylation is 1. The lowest BCUT2D eigenvalue weighted by molar-refractivity contribution is 0.220. The maximum absolute atomic E-state index is 13.3. The average molecular weight is 350 g/mol. The van der Waals surface area contributed by atoms with Crippen molar-refractivity contribution in [1.82, 2.24) is 9.47 Å². The lowest BCUT2D eigenvalue weighted by Gasteiger charge is -2.30. The van der Waals surface area contributed by atoms with Crippen LogP contribution in [-0.4, -0.2) is 23.1 Å². The Hall–Kier alpha value is -2.59. The molecule has 4 rings (SSSR count). The predicted molar refractivity (Wildman–Crippen MR) is 101 cm³/mol. The molecule has 1 atom stereocenters. The molecule has 0 N–H and O–H groups in total. The number of hydrogen-bond acceptors (Lipinski definition) is 2. The van der Waals surface area contributed by atoms with E-state index in [1.54, 1.807) is 7.11 Å². The maximum Gasteiger partial charge on any atom is 0.123 e. The van der Waals surface area contributed by atoms with Gasteiger partial charge in [0.25, 0.3) is 0 Å². The van der Waals surface area contributed by atoms with Crippen LogP contribution in [0.15, 0.2) is 66.9 Å². The number of methoxy groups -OCH3 is 1. The zero-order chi connectivity index (χ0) is 17.9. The maximum atomic E-state index is 13.3. The summed E-state index contributed by atoms with van der Waals surface area (Å²) in [6, 6.07) is 19.7. The Morgan fingerprint density at radius 3 is 2.50 bits per heavy atom. The normalized spacial score (nSPS) is 17.5. The van der Waals surface area contributed by atoms with Crippen LogP contribution in [0, 0.1) is 5.82 Å². The molecule has 2 aromatic carbocycles. The van der Waals surface area contributed by atoms with Crippen LogP contribution < -0.4 is 4.74 Å². The molecule has 2 heterocycles. The highest BCUT2D eigenvalue weighted by atomic mass is 19.1. The molecule has 134 valence electrons. The van der Waals surface area contributed by atoms with Crippen LogP contribution in [-0.2, 0) is 13.1 Å². The van der Waals surface area contributed by atoms with E-state index < -0.39 is 0 Å². The van der Waals surface area contributed by atoms with Crippen LogP contribution in [0.25, 0.3) is 0 Å². The molecule has 0 saturated heterocycles. The first kappa shape index (κ1) is 16.9. The summed E-state index contributed by atoms with van der Waals surface area (Å²) in [6.07, 6.45) is 3.25. The van der Waals surface area contributed by atoms with Crippen LogP contribution >= 0.6 is 0 Å². The Balaban J connectivity index is 1.71. The molecular weight excluding hydrogens is 327 g/mol. The summed E-state index contributed by atoms with van der Waals surface area (Å²) in [7, 11) is 1.69. The average Bonchev–Trinajstić information content (AvgIpc) is 3.05. The molecule has 3 nitrogen and oxygen atoms in total. The van der Waals surface area contributed by atoms with Gasteiger partial charge in [0.15, 0.2) is 0 Å². The largest absolute Gasteiger partial charge is 0.497 e. The molecule has 3 aromatic rings. The van der Waals surface area contributed by atoms with Gasteiger partial charge in [0.2, 0.25) is 0 Å². The van der Waals surface area contributed by atoms with Crippen LogP contribution in [0.2, 0.25) is 0 Å². The Morgan fingerprint density at radius 2 is 1.77 bits per heavy atom. The van der Waals surface area contributed by atoms with Gasteiger partial charge in [-0.05, 0) is 53.9 Å². The van der Waals surface area contributed by atoms with E-state index in [0.29, 0.717) is 0 Å². The molecule has 0 spiro atoms. The van der Waals surface area contributed by atoms with E-state index in [9.17, 15) is 4.39 Å². The van der Waals surface area contributed by atoms with E-state index >= 15 is 0 Å². The van der Waals surface area contributed by atoms with E-state index in [1.165, 1.54) is 23.4 Å². The Bertz CT molecular complexity index is 855. The summed E-state index contributed by atoms with van der Waals surface area (Å²) < 4.78 is 20.9. The topological polar surface area (TPSA) is 17.4 Å². The minimum absolute atomic E-state index is 0.170. The lowest BCUT2D eigenvalue weighted by Crippen LogP contribution is -2.29. The molecule has 0 radical (unpaired) electrons. The van der Waals surface area contributed by atoms with E-state index in [-0.39, 0.29) is 11.9 Å². The molecule has 1 aliphatic heterocycles. The highest BCUT2D eigenvalue weighted by Crippen LogP contribution is 2.33. The van der Waals surface area contributed by atoms with Crippen LogP contribution in [0.4, 0.5) is 4.39 Å². The zero-order valence-corrected chi connectivity index (χ0v) is 14.9. The van der Waals surface area contributed by atoms with Crippen molar-refractivity contribution in [3.05, 3.63) is 89.5 Å². The van der Waals surface area contributed by atoms with E-state index in [4.69, 9.17) is 4.74 Å². The lowest BCUT2D eigenvalue weighted by atomic mass is 10.0. The number of nitrogens with zero attached hydrogens (tertiary/aromatic N) is 2. The van der Waals surface area contributed by atoms with Crippen molar-refractivity contribution in [3.8, 4) is 5.75 Å². The number of hydrogen-bond donors (Lipinski definition) is 0. The van der Waals surface area contributed by atoms with Crippen molar-refractivity contribution < 1.29 is 9.13 Å². The van der Waals surface area contributed by atoms with Crippen molar-refractivity contribution in [2.45, 2.75) is 25.6 Å². The molecule has 0 aliphatic carbocycles. The smallest absolute Gasteiger partial charge is 0.123 e. The standard InChI is InChI=1S/C22H23FN2O/c1-26-20-11-7-18(8-12-20)22-21-4-2-13-24(21)14-3-15-25(22)16-17-5-9-19(23)10-6-17/h2,4-13,22H,3,14-16H2,1H3. The Kier molecular flexibility index (Phi) is 4.76. The second-order valence-electron chi connectivity index (χ2n) is 6.75. The quantitative estimate of drug-likeness (QED) is 0.682. The third kappa shape index (κ3) is 3.37. The Labute approximate surface area is 153 Å². The summed E-state index contributed by atoms with van der Waals surface area (Å²) in [5.74, 6) is 0.674. The fraction of sp³-hybridized carbons (Fsp3) is 0.273. The second kappa shape index (κ2) is 7.34. The minimum Gasteiger partial charge on any atom is -0.497 e. The van der Waals surface area contributed by atoms with Gasteiger partial charge in [0.05, 0.1) is 13.2 Å². The number of ether oxygens (including phenoxy) is 1. The molecule has 1 unspecified atom stereocenters. The zero-order valence-electron chi connectivity index (χ0n) is 14.9. The van der Waals surface area contributed by atoms with E-state index in [1.807, 2.05) is 24.3 Å². The number of rotatable bonds is 4. The number of fused-ring (bicyclic) bond motifs is 1. The fourth-order valence-electron chi connectivity index (χ4n) is 3.80. The first-order valence-corrected chi connectivity index (χ1v) is 9.02. The predicted octanol–water partition coefficient (Wildman–Crippen LogP) is 4.63. The minimum atomic E-state index is -0.190. The van der Waals surface area contributed by atoms with Gasteiger partial charge >= 0.3 is 0 Å². The Morgan fingerprint density at radius 1 is 1.00 bits per heavy atom. The molecule has 26 heavy (non-hydrogen) atoms. The molecule has 0 amide bonds. The SMILES string of the molecule is COc1ccc(C2c3cccn3CCCN2Cc2ccc(F)cc2)cc1. The monoisotopic (exact) mass is 350 g/mol. The first-order chi connectivity index (χ1) is 12.7. The van der Waals surface area contributed by atoms with Gasteiger partial charge in [-0.15, -0.1) is 0 Å². The van der Waals surface area contributed by atoms with Gasteiger partial charge in [-0.2, -0.15) is 0 Å². The third-order valence-corrected chi connectivity index (χ3v) is 5.08. The molecule has 0 saturated carbocycles.